The molecule has 0 bridgehead atoms. The number of benzene rings is 2. The monoisotopic (exact) mass is 371 g/mol. The molecule has 0 aromatic heterocycles. The standard InChI is InChI=1S/C21H20F3N3/c1-26-8-6-21(26)7-9-27(13-21)12-17-18(22)5-4-16(20(17)24)14-2-3-15(11-25)19(23)10-14/h2-5,10H,6-9,12-13H2,1H3. The van der Waals surface area contributed by atoms with Crippen LogP contribution in [0.4, 0.5) is 13.2 Å². The molecule has 27 heavy (non-hydrogen) atoms. The van der Waals surface area contributed by atoms with Gasteiger partial charge >= 0.3 is 0 Å². The molecule has 0 aliphatic carbocycles. The van der Waals surface area contributed by atoms with Gasteiger partial charge < -0.3 is 0 Å². The van der Waals surface area contributed by atoms with E-state index in [1.54, 1.807) is 6.07 Å². The molecule has 2 saturated heterocycles. The van der Waals surface area contributed by atoms with Crippen LogP contribution in [0, 0.1) is 28.8 Å². The fraction of sp³-hybridized carbons (Fsp3) is 0.381. The summed E-state index contributed by atoms with van der Waals surface area (Å²) < 4.78 is 43.4. The maximum atomic E-state index is 15.1. The van der Waals surface area contributed by atoms with Gasteiger partial charge in [-0.05, 0) is 49.7 Å². The summed E-state index contributed by atoms with van der Waals surface area (Å²) in [7, 11) is 2.09. The number of hydrogen-bond donors (Lipinski definition) is 0. The molecule has 140 valence electrons. The smallest absolute Gasteiger partial charge is 0.141 e. The zero-order valence-corrected chi connectivity index (χ0v) is 15.1. The molecule has 3 nitrogen and oxygen atoms in total. The average molecular weight is 371 g/mol. The lowest BCUT2D eigenvalue weighted by atomic mass is 9.85. The van der Waals surface area contributed by atoms with Crippen LogP contribution in [0.3, 0.4) is 0 Å². The van der Waals surface area contributed by atoms with Gasteiger partial charge in [-0.1, -0.05) is 6.07 Å². The first-order valence-electron chi connectivity index (χ1n) is 9.04. The van der Waals surface area contributed by atoms with Crippen molar-refractivity contribution in [1.82, 2.24) is 9.80 Å². The van der Waals surface area contributed by atoms with Gasteiger partial charge in [0.25, 0.3) is 0 Å². The molecule has 2 aromatic carbocycles. The lowest BCUT2D eigenvalue weighted by Crippen LogP contribution is -2.59. The summed E-state index contributed by atoms with van der Waals surface area (Å²) in [6.45, 7) is 2.87. The maximum Gasteiger partial charge on any atom is 0.141 e. The summed E-state index contributed by atoms with van der Waals surface area (Å²) in [5.74, 6) is -1.97. The first kappa shape index (κ1) is 18.0. The van der Waals surface area contributed by atoms with Crippen molar-refractivity contribution in [2.45, 2.75) is 24.9 Å². The van der Waals surface area contributed by atoms with Crippen molar-refractivity contribution in [2.75, 3.05) is 26.7 Å². The van der Waals surface area contributed by atoms with Crippen LogP contribution in [0.1, 0.15) is 24.0 Å². The predicted molar refractivity (Wildman–Crippen MR) is 96.3 cm³/mol. The quantitative estimate of drug-likeness (QED) is 0.819. The van der Waals surface area contributed by atoms with E-state index in [2.05, 4.69) is 16.8 Å². The van der Waals surface area contributed by atoms with Gasteiger partial charge in [0, 0.05) is 42.8 Å². The molecule has 2 aliphatic rings. The molecule has 6 heteroatoms. The van der Waals surface area contributed by atoms with E-state index >= 15 is 4.39 Å². The van der Waals surface area contributed by atoms with E-state index in [0.29, 0.717) is 5.56 Å². The fourth-order valence-electron chi connectivity index (χ4n) is 4.21. The lowest BCUT2D eigenvalue weighted by molar-refractivity contribution is 0.0187. The van der Waals surface area contributed by atoms with E-state index < -0.39 is 17.5 Å². The van der Waals surface area contributed by atoms with Gasteiger partial charge in [0.2, 0.25) is 0 Å². The highest BCUT2D eigenvalue weighted by Gasteiger charge is 2.47. The Morgan fingerprint density at radius 1 is 1.07 bits per heavy atom. The summed E-state index contributed by atoms with van der Waals surface area (Å²) in [6.07, 6.45) is 2.13. The van der Waals surface area contributed by atoms with Gasteiger partial charge in [0.05, 0.1) is 5.56 Å². The van der Waals surface area contributed by atoms with E-state index in [4.69, 9.17) is 5.26 Å². The van der Waals surface area contributed by atoms with Crippen LogP contribution in [0.25, 0.3) is 11.1 Å². The van der Waals surface area contributed by atoms with Crippen molar-refractivity contribution < 1.29 is 13.2 Å². The molecular weight excluding hydrogens is 351 g/mol. The molecule has 2 aliphatic heterocycles. The van der Waals surface area contributed by atoms with Crippen molar-refractivity contribution in [3.05, 3.63) is 58.9 Å². The molecule has 4 rings (SSSR count). The largest absolute Gasteiger partial charge is 0.299 e. The summed E-state index contributed by atoms with van der Waals surface area (Å²) in [5, 5.41) is 8.84. The Bertz CT molecular complexity index is 937. The van der Waals surface area contributed by atoms with Gasteiger partial charge in [-0.15, -0.1) is 0 Å². The van der Waals surface area contributed by atoms with E-state index in [1.165, 1.54) is 24.3 Å². The topological polar surface area (TPSA) is 30.3 Å². The molecule has 1 atom stereocenters. The third-order valence-corrected chi connectivity index (χ3v) is 6.10. The second-order valence-electron chi connectivity index (χ2n) is 7.55. The van der Waals surface area contributed by atoms with E-state index in [0.717, 1.165) is 38.5 Å². The number of halogens is 3. The van der Waals surface area contributed by atoms with E-state index in [-0.39, 0.29) is 28.8 Å². The van der Waals surface area contributed by atoms with Crippen molar-refractivity contribution in [1.29, 1.82) is 5.26 Å². The highest BCUT2D eigenvalue weighted by molar-refractivity contribution is 5.66. The lowest BCUT2D eigenvalue weighted by Gasteiger charge is -2.48. The number of nitrogens with zero attached hydrogens (tertiary/aromatic N) is 3. The van der Waals surface area contributed by atoms with Gasteiger partial charge in [-0.3, -0.25) is 9.80 Å². The van der Waals surface area contributed by atoms with E-state index in [1.807, 2.05) is 0 Å². The summed E-state index contributed by atoms with van der Waals surface area (Å²) in [4.78, 5) is 4.40. The Kier molecular flexibility index (Phi) is 4.45. The Morgan fingerprint density at radius 2 is 1.85 bits per heavy atom. The second kappa shape index (κ2) is 6.66. The van der Waals surface area contributed by atoms with Crippen molar-refractivity contribution >= 4 is 0 Å². The van der Waals surface area contributed by atoms with Gasteiger partial charge in [-0.2, -0.15) is 5.26 Å². The van der Waals surface area contributed by atoms with Gasteiger partial charge in [-0.25, -0.2) is 13.2 Å². The predicted octanol–water partition coefficient (Wildman–Crippen LogP) is 3.92. The molecule has 2 heterocycles. The summed E-state index contributed by atoms with van der Waals surface area (Å²) >= 11 is 0. The minimum Gasteiger partial charge on any atom is -0.299 e. The Hall–Kier alpha value is -2.36. The molecule has 2 fully saturated rings. The van der Waals surface area contributed by atoms with Crippen molar-refractivity contribution in [2.24, 2.45) is 0 Å². The fourth-order valence-corrected chi connectivity index (χ4v) is 4.21. The highest BCUT2D eigenvalue weighted by atomic mass is 19.1. The maximum absolute atomic E-state index is 15.1. The van der Waals surface area contributed by atoms with Crippen LogP contribution in [0.15, 0.2) is 30.3 Å². The molecule has 0 saturated carbocycles. The molecule has 0 amide bonds. The third kappa shape index (κ3) is 3.01. The molecule has 1 unspecified atom stereocenters. The average Bonchev–Trinajstić information content (AvgIpc) is 3.10. The summed E-state index contributed by atoms with van der Waals surface area (Å²) in [6, 6.07) is 8.20. The first-order valence-corrected chi connectivity index (χ1v) is 9.04. The molecule has 2 aromatic rings. The number of rotatable bonds is 3. The normalized spacial score (nSPS) is 22.8. The Morgan fingerprint density at radius 3 is 2.44 bits per heavy atom. The molecule has 0 radical (unpaired) electrons. The molecule has 0 N–H and O–H groups in total. The minimum absolute atomic E-state index is 0.0105. The van der Waals surface area contributed by atoms with Crippen LogP contribution in [-0.4, -0.2) is 42.0 Å². The minimum atomic E-state index is -0.713. The zero-order chi connectivity index (χ0) is 19.2. The second-order valence-corrected chi connectivity index (χ2v) is 7.55. The molecule has 1 spiro atoms. The van der Waals surface area contributed by atoms with Gasteiger partial charge in [0.15, 0.2) is 0 Å². The highest BCUT2D eigenvalue weighted by Crippen LogP contribution is 2.38. The zero-order valence-electron chi connectivity index (χ0n) is 15.1. The third-order valence-electron chi connectivity index (χ3n) is 6.10. The SMILES string of the molecule is CN1CCC12CCN(Cc1c(F)ccc(-c3ccc(C#N)c(F)c3)c1F)C2. The van der Waals surface area contributed by atoms with Gasteiger partial charge in [0.1, 0.15) is 23.5 Å². The van der Waals surface area contributed by atoms with E-state index in [9.17, 15) is 8.78 Å². The Labute approximate surface area is 156 Å². The van der Waals surface area contributed by atoms with Crippen LogP contribution >= 0.6 is 0 Å². The number of hydrogen-bond acceptors (Lipinski definition) is 3. The number of likely N-dealkylation sites (N-methyl/N-ethyl adjacent to an activating group) is 1. The Balaban J connectivity index is 1.62. The number of likely N-dealkylation sites (tertiary alicyclic amines) is 2. The van der Waals surface area contributed by atoms with Crippen LogP contribution in [0.5, 0.6) is 0 Å². The number of nitriles is 1. The first-order chi connectivity index (χ1) is 12.9. The van der Waals surface area contributed by atoms with Crippen molar-refractivity contribution in [3.8, 4) is 17.2 Å². The molecular formula is C21H20F3N3. The van der Waals surface area contributed by atoms with Crippen molar-refractivity contribution in [3.63, 3.8) is 0 Å². The van der Waals surface area contributed by atoms with Crippen LogP contribution in [0.2, 0.25) is 0 Å². The van der Waals surface area contributed by atoms with Crippen LogP contribution < -0.4 is 0 Å². The summed E-state index contributed by atoms with van der Waals surface area (Å²) in [5.41, 5.74) is 0.497. The van der Waals surface area contributed by atoms with Crippen LogP contribution in [-0.2, 0) is 6.54 Å².